The molecule has 0 saturated carbocycles. The molecule has 1 aliphatic rings. The smallest absolute Gasteiger partial charge is 0.503 e. The summed E-state index contributed by atoms with van der Waals surface area (Å²) in [5.41, 5.74) is -0.157. The number of benzene rings is 1. The lowest BCUT2D eigenvalue weighted by molar-refractivity contribution is -0.274. The summed E-state index contributed by atoms with van der Waals surface area (Å²) < 4.78 is 47.2. The molecule has 0 bridgehead atoms. The summed E-state index contributed by atoms with van der Waals surface area (Å²) >= 11 is 0. The maximum Gasteiger partial charge on any atom is 0.573 e. The molecule has 0 spiro atoms. The molecule has 0 aliphatic carbocycles. The van der Waals surface area contributed by atoms with Crippen LogP contribution in [0.1, 0.15) is 31.4 Å². The molecule has 1 unspecified atom stereocenters. The first-order chi connectivity index (χ1) is 13.5. The summed E-state index contributed by atoms with van der Waals surface area (Å²) in [6.07, 6.45) is -4.91. The van der Waals surface area contributed by atoms with Crippen molar-refractivity contribution in [1.29, 1.82) is 0 Å². The highest BCUT2D eigenvalue weighted by Crippen LogP contribution is 2.43. The van der Waals surface area contributed by atoms with Gasteiger partial charge >= 0.3 is 6.36 Å². The van der Waals surface area contributed by atoms with Crippen molar-refractivity contribution < 1.29 is 37.0 Å². The van der Waals surface area contributed by atoms with Gasteiger partial charge in [0.1, 0.15) is 23.3 Å². The number of nitrogens with zero attached hydrogens (tertiary/aromatic N) is 1. The molecule has 0 radical (unpaired) electrons. The standard InChI is InChI=1S/C20H18F3NO5/c1-10(2)17(25)15-16(14-8-7-11(3)28-14)24(19(27)18(15)26)12-5-4-6-13(9-12)29-20(21,22)23/h4-10,16,26H,1-3H3. The number of aryl methyl sites for hydroxylation is 1. The molecule has 6 nitrogen and oxygen atoms in total. The third-order valence-corrected chi connectivity index (χ3v) is 4.36. The Labute approximate surface area is 164 Å². The van der Waals surface area contributed by atoms with Crippen LogP contribution in [0.15, 0.2) is 52.1 Å². The SMILES string of the molecule is Cc1ccc(C2C(C(=O)C(C)C)=C(O)C(=O)N2c2cccc(OC(F)(F)F)c2)o1. The Kier molecular flexibility index (Phi) is 5.16. The number of ketones is 1. The Morgan fingerprint density at radius 3 is 2.48 bits per heavy atom. The third-order valence-electron chi connectivity index (χ3n) is 4.36. The average molecular weight is 409 g/mol. The van der Waals surface area contributed by atoms with Gasteiger partial charge in [0.05, 0.1) is 5.57 Å². The topological polar surface area (TPSA) is 80.0 Å². The van der Waals surface area contributed by atoms with Crippen LogP contribution < -0.4 is 9.64 Å². The van der Waals surface area contributed by atoms with Crippen molar-refractivity contribution in [3.05, 3.63) is 59.3 Å². The number of rotatable bonds is 5. The van der Waals surface area contributed by atoms with Crippen LogP contribution in [0.3, 0.4) is 0 Å². The Bertz CT molecular complexity index is 990. The number of hydrogen-bond donors (Lipinski definition) is 1. The van der Waals surface area contributed by atoms with Gasteiger partial charge < -0.3 is 14.3 Å². The highest BCUT2D eigenvalue weighted by Gasteiger charge is 2.46. The van der Waals surface area contributed by atoms with E-state index in [1.807, 2.05) is 0 Å². The number of carbonyl (C=O) groups is 2. The van der Waals surface area contributed by atoms with Gasteiger partial charge in [0, 0.05) is 17.7 Å². The van der Waals surface area contributed by atoms with Crippen LogP contribution >= 0.6 is 0 Å². The summed E-state index contributed by atoms with van der Waals surface area (Å²) in [6, 6.07) is 6.78. The van der Waals surface area contributed by atoms with Gasteiger partial charge in [0.15, 0.2) is 11.5 Å². The molecule has 0 saturated heterocycles. The molecular formula is C20H18F3NO5. The van der Waals surface area contributed by atoms with E-state index in [9.17, 15) is 27.9 Å². The fourth-order valence-electron chi connectivity index (χ4n) is 3.13. The molecule has 1 atom stereocenters. The van der Waals surface area contributed by atoms with Gasteiger partial charge in [-0.1, -0.05) is 19.9 Å². The fraction of sp³-hybridized carbons (Fsp3) is 0.300. The first-order valence-corrected chi connectivity index (χ1v) is 8.72. The summed E-state index contributed by atoms with van der Waals surface area (Å²) in [5, 5.41) is 10.4. The van der Waals surface area contributed by atoms with Gasteiger partial charge in [-0.15, -0.1) is 13.2 Å². The maximum absolute atomic E-state index is 12.8. The lowest BCUT2D eigenvalue weighted by Crippen LogP contribution is -2.31. The summed E-state index contributed by atoms with van der Waals surface area (Å²) in [7, 11) is 0. The first kappa shape index (κ1) is 20.5. The van der Waals surface area contributed by atoms with Crippen LogP contribution in [0.2, 0.25) is 0 Å². The summed E-state index contributed by atoms with van der Waals surface area (Å²) in [6.45, 7) is 4.88. The number of hydrogen-bond acceptors (Lipinski definition) is 5. The fourth-order valence-corrected chi connectivity index (χ4v) is 3.13. The van der Waals surface area contributed by atoms with Crippen molar-refractivity contribution in [3.63, 3.8) is 0 Å². The molecular weight excluding hydrogens is 391 g/mol. The van der Waals surface area contributed by atoms with Crippen LogP contribution in [0.5, 0.6) is 5.75 Å². The van der Waals surface area contributed by atoms with Crippen molar-refractivity contribution in [2.75, 3.05) is 4.90 Å². The highest BCUT2D eigenvalue weighted by molar-refractivity contribution is 6.16. The molecule has 29 heavy (non-hydrogen) atoms. The molecule has 2 aromatic rings. The number of aliphatic hydroxyl groups excluding tert-OH is 1. The first-order valence-electron chi connectivity index (χ1n) is 8.72. The number of ether oxygens (including phenoxy) is 1. The zero-order chi connectivity index (χ0) is 21.5. The maximum atomic E-state index is 12.8. The van der Waals surface area contributed by atoms with Gasteiger partial charge in [-0.3, -0.25) is 14.5 Å². The lowest BCUT2D eigenvalue weighted by atomic mass is 9.94. The number of aliphatic hydroxyl groups is 1. The van der Waals surface area contributed by atoms with E-state index in [0.717, 1.165) is 17.0 Å². The number of carbonyl (C=O) groups excluding carboxylic acids is 2. The van der Waals surface area contributed by atoms with E-state index >= 15 is 0 Å². The quantitative estimate of drug-likeness (QED) is 0.780. The van der Waals surface area contributed by atoms with Gasteiger partial charge in [-0.05, 0) is 31.2 Å². The van der Waals surface area contributed by atoms with Crippen LogP contribution in [-0.4, -0.2) is 23.2 Å². The Morgan fingerprint density at radius 1 is 1.24 bits per heavy atom. The predicted octanol–water partition coefficient (Wildman–Crippen LogP) is 4.61. The van der Waals surface area contributed by atoms with Crippen molar-refractivity contribution in [2.24, 2.45) is 5.92 Å². The van der Waals surface area contributed by atoms with E-state index in [0.29, 0.717) is 5.76 Å². The number of alkyl halides is 3. The van der Waals surface area contributed by atoms with Crippen LogP contribution in [0.25, 0.3) is 0 Å². The van der Waals surface area contributed by atoms with E-state index in [4.69, 9.17) is 4.42 Å². The molecule has 1 aromatic heterocycles. The molecule has 3 rings (SSSR count). The largest absolute Gasteiger partial charge is 0.573 e. The molecule has 0 fully saturated rings. The number of furan rings is 1. The molecule has 1 aromatic carbocycles. The molecule has 9 heteroatoms. The highest BCUT2D eigenvalue weighted by atomic mass is 19.4. The normalized spacial score (nSPS) is 17.4. The molecule has 1 amide bonds. The summed E-state index contributed by atoms with van der Waals surface area (Å²) in [4.78, 5) is 26.5. The number of Topliss-reactive ketones (excluding diaryl/α,β-unsaturated/α-hetero) is 1. The van der Waals surface area contributed by atoms with E-state index in [1.54, 1.807) is 32.9 Å². The number of amides is 1. The van der Waals surface area contributed by atoms with Gasteiger partial charge in [0.25, 0.3) is 5.91 Å². The van der Waals surface area contributed by atoms with Crippen molar-refractivity contribution in [2.45, 2.75) is 33.2 Å². The zero-order valence-corrected chi connectivity index (χ0v) is 15.8. The third kappa shape index (κ3) is 3.98. The van der Waals surface area contributed by atoms with E-state index in [1.165, 1.54) is 12.1 Å². The van der Waals surface area contributed by atoms with Gasteiger partial charge in [-0.2, -0.15) is 0 Å². The van der Waals surface area contributed by atoms with Crippen molar-refractivity contribution in [3.8, 4) is 5.75 Å². The monoisotopic (exact) mass is 409 g/mol. The van der Waals surface area contributed by atoms with Crippen LogP contribution in [0.4, 0.5) is 18.9 Å². The van der Waals surface area contributed by atoms with E-state index < -0.39 is 41.5 Å². The van der Waals surface area contributed by atoms with Crippen molar-refractivity contribution >= 4 is 17.4 Å². The minimum Gasteiger partial charge on any atom is -0.503 e. The van der Waals surface area contributed by atoms with Crippen LogP contribution in [0, 0.1) is 12.8 Å². The number of halogens is 3. The Morgan fingerprint density at radius 2 is 1.93 bits per heavy atom. The number of anilines is 1. The van der Waals surface area contributed by atoms with Crippen molar-refractivity contribution in [1.82, 2.24) is 0 Å². The predicted molar refractivity (Wildman–Crippen MR) is 96.3 cm³/mol. The molecule has 1 aliphatic heterocycles. The van der Waals surface area contributed by atoms with E-state index in [2.05, 4.69) is 4.74 Å². The van der Waals surface area contributed by atoms with E-state index in [-0.39, 0.29) is 17.0 Å². The Balaban J connectivity index is 2.12. The molecule has 1 N–H and O–H groups in total. The molecule has 2 heterocycles. The van der Waals surface area contributed by atoms with Crippen LogP contribution in [-0.2, 0) is 9.59 Å². The van der Waals surface area contributed by atoms with Gasteiger partial charge in [-0.25, -0.2) is 0 Å². The average Bonchev–Trinajstić information content (AvgIpc) is 3.15. The second-order valence-corrected chi connectivity index (χ2v) is 6.85. The second kappa shape index (κ2) is 7.31. The van der Waals surface area contributed by atoms with Gasteiger partial charge in [0.2, 0.25) is 0 Å². The zero-order valence-electron chi connectivity index (χ0n) is 15.8. The summed E-state index contributed by atoms with van der Waals surface area (Å²) in [5.74, 6) is -2.52. The second-order valence-electron chi connectivity index (χ2n) is 6.85. The Hall–Kier alpha value is -3.23. The minimum atomic E-state index is -4.91. The minimum absolute atomic E-state index is 0.00825. The molecule has 154 valence electrons. The lowest BCUT2D eigenvalue weighted by Gasteiger charge is -2.26.